The van der Waals surface area contributed by atoms with Crippen LogP contribution in [-0.4, -0.2) is 62.1 Å². The molecule has 33 heavy (non-hydrogen) atoms. The average Bonchev–Trinajstić information content (AvgIpc) is 3.11. The van der Waals surface area contributed by atoms with Gasteiger partial charge in [0.2, 0.25) is 0 Å². The fourth-order valence-corrected chi connectivity index (χ4v) is 6.43. The van der Waals surface area contributed by atoms with Gasteiger partial charge in [0.05, 0.1) is 13.0 Å². The zero-order chi connectivity index (χ0) is 23.3. The Hall–Kier alpha value is -2.60. The highest BCUT2D eigenvalue weighted by atomic mass is 16.6. The third kappa shape index (κ3) is 3.78. The normalized spacial score (nSPS) is 34.2. The summed E-state index contributed by atoms with van der Waals surface area (Å²) in [4.78, 5) is 30.2. The van der Waals surface area contributed by atoms with Gasteiger partial charge in [-0.05, 0) is 50.5 Å². The van der Waals surface area contributed by atoms with E-state index in [1.54, 1.807) is 13.2 Å². The zero-order valence-electron chi connectivity index (χ0n) is 20.0. The van der Waals surface area contributed by atoms with E-state index in [4.69, 9.17) is 9.47 Å². The number of ether oxygens (including phenoxy) is 2. The summed E-state index contributed by atoms with van der Waals surface area (Å²) >= 11 is 0. The van der Waals surface area contributed by atoms with Crippen LogP contribution in [0.3, 0.4) is 0 Å². The van der Waals surface area contributed by atoms with Crippen LogP contribution in [0.2, 0.25) is 0 Å². The van der Waals surface area contributed by atoms with Crippen LogP contribution in [0.5, 0.6) is 5.75 Å². The molecule has 2 saturated heterocycles. The Morgan fingerprint density at radius 1 is 1.24 bits per heavy atom. The zero-order valence-corrected chi connectivity index (χ0v) is 20.0. The highest BCUT2D eigenvalue weighted by molar-refractivity contribution is 6.05. The molecule has 5 rings (SSSR count). The van der Waals surface area contributed by atoms with E-state index in [0.29, 0.717) is 6.04 Å². The second-order valence-electron chi connectivity index (χ2n) is 10.3. The molecule has 6 nitrogen and oxygen atoms in total. The number of carbonyl (C=O) groups excluding carboxylic acids is 2. The monoisotopic (exact) mass is 450 g/mol. The Morgan fingerprint density at radius 2 is 2.06 bits per heavy atom. The van der Waals surface area contributed by atoms with E-state index in [0.717, 1.165) is 55.9 Å². The van der Waals surface area contributed by atoms with E-state index < -0.39 is 0 Å². The van der Waals surface area contributed by atoms with E-state index >= 15 is 0 Å². The van der Waals surface area contributed by atoms with Gasteiger partial charge in [-0.2, -0.15) is 0 Å². The van der Waals surface area contributed by atoms with Crippen molar-refractivity contribution in [2.75, 3.05) is 38.2 Å². The molecule has 1 saturated carbocycles. The summed E-state index contributed by atoms with van der Waals surface area (Å²) < 4.78 is 11.4. The van der Waals surface area contributed by atoms with Crippen molar-refractivity contribution in [2.45, 2.75) is 45.8 Å². The summed E-state index contributed by atoms with van der Waals surface area (Å²) in [5.74, 6) is 0.842. The molecule has 2 aliphatic carbocycles. The number of carbonyl (C=O) groups is 2. The minimum Gasteiger partial charge on any atom is -0.497 e. The van der Waals surface area contributed by atoms with Gasteiger partial charge in [-0.15, -0.1) is 0 Å². The van der Waals surface area contributed by atoms with Crippen LogP contribution in [0.15, 0.2) is 47.6 Å². The summed E-state index contributed by atoms with van der Waals surface area (Å²) in [5.41, 5.74) is 2.80. The Bertz CT molecular complexity index is 1030. The maximum Gasteiger partial charge on any atom is 0.311 e. The Kier molecular flexibility index (Phi) is 5.60. The first-order valence-corrected chi connectivity index (χ1v) is 12.1. The number of rotatable bonds is 4. The molecule has 2 aliphatic heterocycles. The second kappa shape index (κ2) is 8.32. The highest BCUT2D eigenvalue weighted by Gasteiger charge is 2.54. The van der Waals surface area contributed by atoms with Crippen molar-refractivity contribution < 1.29 is 19.1 Å². The number of methoxy groups -OCH3 is 1. The topological polar surface area (TPSA) is 59.1 Å². The fraction of sp³-hybridized carbons (Fsp3) is 0.556. The molecule has 3 fully saturated rings. The van der Waals surface area contributed by atoms with Crippen molar-refractivity contribution in [1.29, 1.82) is 0 Å². The SMILES string of the molecule is COc1cccc(N2CCN(C[C@@H]3C(=O)O[C@@H]4C5=C(C)C(=O)C=C[C@@]5(C)CC[C@H]34)C[C@H]2C)c1. The van der Waals surface area contributed by atoms with Crippen molar-refractivity contribution in [3.63, 3.8) is 0 Å². The predicted molar refractivity (Wildman–Crippen MR) is 127 cm³/mol. The molecular formula is C27H34N2O4. The summed E-state index contributed by atoms with van der Waals surface area (Å²) in [6.07, 6.45) is 5.36. The van der Waals surface area contributed by atoms with Gasteiger partial charge in [-0.25, -0.2) is 0 Å². The minimum atomic E-state index is -0.259. The second-order valence-corrected chi connectivity index (χ2v) is 10.3. The lowest BCUT2D eigenvalue weighted by Gasteiger charge is -2.44. The summed E-state index contributed by atoms with van der Waals surface area (Å²) in [6, 6.07) is 8.54. The van der Waals surface area contributed by atoms with Crippen LogP contribution in [0.1, 0.15) is 33.6 Å². The van der Waals surface area contributed by atoms with Gasteiger partial charge in [-0.3, -0.25) is 14.5 Å². The van der Waals surface area contributed by atoms with Gasteiger partial charge in [-0.1, -0.05) is 19.1 Å². The number of esters is 1. The number of allylic oxidation sites excluding steroid dienone is 3. The number of anilines is 1. The molecule has 1 aromatic carbocycles. The third-order valence-corrected chi connectivity index (χ3v) is 8.28. The predicted octanol–water partition coefficient (Wildman–Crippen LogP) is 3.62. The van der Waals surface area contributed by atoms with Crippen molar-refractivity contribution in [3.05, 3.63) is 47.6 Å². The molecule has 0 aromatic heterocycles. The molecule has 0 spiro atoms. The van der Waals surface area contributed by atoms with Gasteiger partial charge < -0.3 is 14.4 Å². The summed E-state index contributed by atoms with van der Waals surface area (Å²) in [5, 5.41) is 0. The molecule has 0 N–H and O–H groups in total. The lowest BCUT2D eigenvalue weighted by molar-refractivity contribution is -0.144. The number of benzene rings is 1. The van der Waals surface area contributed by atoms with E-state index in [2.05, 4.69) is 35.8 Å². The molecule has 0 amide bonds. The standard InChI is InChI=1S/C27H34N2O4/c1-17-15-28(12-13-29(17)19-6-5-7-20(14-19)32-4)16-22-21-8-10-27(3)11-9-23(30)18(2)24(27)25(21)33-26(22)31/h5-7,9,11,14,17,21-22,25H,8,10,12-13,15-16H2,1-4H3/t17-,21-,22+,25+,27-/m1/s1. The number of fused-ring (bicyclic) bond motifs is 3. The van der Waals surface area contributed by atoms with Crippen LogP contribution in [-0.2, 0) is 14.3 Å². The third-order valence-electron chi connectivity index (χ3n) is 8.28. The van der Waals surface area contributed by atoms with Crippen molar-refractivity contribution >= 4 is 17.4 Å². The molecule has 176 valence electrons. The average molecular weight is 451 g/mol. The minimum absolute atomic E-state index is 0.0464. The molecule has 5 atom stereocenters. The van der Waals surface area contributed by atoms with Gasteiger partial charge in [0.15, 0.2) is 5.78 Å². The number of hydrogen-bond donors (Lipinski definition) is 0. The molecule has 1 aromatic rings. The first kappa shape index (κ1) is 22.2. The Morgan fingerprint density at radius 3 is 2.82 bits per heavy atom. The largest absolute Gasteiger partial charge is 0.497 e. The van der Waals surface area contributed by atoms with Crippen LogP contribution < -0.4 is 9.64 Å². The molecule has 0 unspecified atom stereocenters. The van der Waals surface area contributed by atoms with Gasteiger partial charge in [0.1, 0.15) is 11.9 Å². The fourth-order valence-electron chi connectivity index (χ4n) is 6.43. The van der Waals surface area contributed by atoms with Crippen molar-refractivity contribution in [2.24, 2.45) is 17.3 Å². The van der Waals surface area contributed by atoms with E-state index in [-0.39, 0.29) is 35.1 Å². The lowest BCUT2D eigenvalue weighted by Crippen LogP contribution is -2.53. The number of piperazine rings is 1. The van der Waals surface area contributed by atoms with Crippen molar-refractivity contribution in [1.82, 2.24) is 4.90 Å². The first-order valence-electron chi connectivity index (χ1n) is 12.1. The van der Waals surface area contributed by atoms with Gasteiger partial charge in [0, 0.05) is 60.9 Å². The number of hydrogen-bond acceptors (Lipinski definition) is 6. The summed E-state index contributed by atoms with van der Waals surface area (Å²) in [7, 11) is 1.69. The number of nitrogens with zero attached hydrogens (tertiary/aromatic N) is 2. The number of ketones is 1. The van der Waals surface area contributed by atoms with E-state index in [9.17, 15) is 9.59 Å². The van der Waals surface area contributed by atoms with Crippen LogP contribution >= 0.6 is 0 Å². The molecule has 6 heteroatoms. The van der Waals surface area contributed by atoms with Gasteiger partial charge in [0.25, 0.3) is 0 Å². The maximum absolute atomic E-state index is 13.0. The molecule has 2 heterocycles. The Labute approximate surface area is 196 Å². The Balaban J connectivity index is 1.29. The van der Waals surface area contributed by atoms with E-state index in [1.807, 2.05) is 25.1 Å². The molecular weight excluding hydrogens is 416 g/mol. The van der Waals surface area contributed by atoms with Crippen LogP contribution in [0, 0.1) is 17.3 Å². The molecule has 0 radical (unpaired) electrons. The smallest absolute Gasteiger partial charge is 0.311 e. The first-order chi connectivity index (χ1) is 15.8. The quantitative estimate of drug-likeness (QED) is 0.653. The molecule has 4 aliphatic rings. The van der Waals surface area contributed by atoms with Gasteiger partial charge >= 0.3 is 5.97 Å². The van der Waals surface area contributed by atoms with E-state index in [1.165, 1.54) is 5.69 Å². The lowest BCUT2D eigenvalue weighted by atomic mass is 9.61. The maximum atomic E-state index is 13.0. The van der Waals surface area contributed by atoms with Crippen LogP contribution in [0.25, 0.3) is 0 Å². The summed E-state index contributed by atoms with van der Waals surface area (Å²) in [6.45, 7) is 9.74. The van der Waals surface area contributed by atoms with Crippen molar-refractivity contribution in [3.8, 4) is 5.75 Å². The molecule has 0 bridgehead atoms. The van der Waals surface area contributed by atoms with Crippen LogP contribution in [0.4, 0.5) is 5.69 Å². The highest BCUT2D eigenvalue weighted by Crippen LogP contribution is 2.53.